The standard InChI is InChI=1S/C20H25FN2OS.2ClH/c21-18-6-8-19(9-7-18)23-12-10-22(11-13-23)14-20(25)16-24-15-17-4-2-1-3-5-17;;/h1-9,20,25H,10-16H2;2*1H. The third kappa shape index (κ3) is 7.88. The Kier molecular flexibility index (Phi) is 11.1. The van der Waals surface area contributed by atoms with Crippen LogP contribution in [0.2, 0.25) is 0 Å². The third-order valence-electron chi connectivity index (χ3n) is 4.45. The smallest absolute Gasteiger partial charge is 0.123 e. The van der Waals surface area contributed by atoms with Crippen molar-refractivity contribution in [3.8, 4) is 0 Å². The molecule has 27 heavy (non-hydrogen) atoms. The van der Waals surface area contributed by atoms with E-state index in [2.05, 4.69) is 34.6 Å². The molecular formula is C20H27Cl2FN2OS. The van der Waals surface area contributed by atoms with Gasteiger partial charge < -0.3 is 9.64 Å². The van der Waals surface area contributed by atoms with Crippen molar-refractivity contribution in [2.24, 2.45) is 0 Å². The summed E-state index contributed by atoms with van der Waals surface area (Å²) < 4.78 is 18.8. The summed E-state index contributed by atoms with van der Waals surface area (Å²) in [5, 5.41) is 0.209. The monoisotopic (exact) mass is 432 g/mol. The Labute approximate surface area is 179 Å². The number of nitrogens with zero attached hydrogens (tertiary/aromatic N) is 2. The molecule has 1 fully saturated rings. The molecule has 0 bridgehead atoms. The van der Waals surface area contributed by atoms with Gasteiger partial charge in [0.2, 0.25) is 0 Å². The fourth-order valence-corrected chi connectivity index (χ4v) is 3.41. The molecule has 1 atom stereocenters. The summed E-state index contributed by atoms with van der Waals surface area (Å²) in [6.07, 6.45) is 0. The van der Waals surface area contributed by atoms with Gasteiger partial charge in [-0.3, -0.25) is 4.90 Å². The quantitative estimate of drug-likeness (QED) is 0.656. The van der Waals surface area contributed by atoms with Gasteiger partial charge in [0, 0.05) is 43.7 Å². The number of halogens is 3. The van der Waals surface area contributed by atoms with Crippen LogP contribution in [0.15, 0.2) is 54.6 Å². The Morgan fingerprint density at radius 1 is 0.926 bits per heavy atom. The fourth-order valence-electron chi connectivity index (χ4n) is 3.08. The molecule has 2 aromatic rings. The number of ether oxygens (including phenoxy) is 1. The lowest BCUT2D eigenvalue weighted by molar-refractivity contribution is 0.112. The maximum Gasteiger partial charge on any atom is 0.123 e. The highest BCUT2D eigenvalue weighted by molar-refractivity contribution is 7.81. The van der Waals surface area contributed by atoms with E-state index in [1.807, 2.05) is 30.3 Å². The lowest BCUT2D eigenvalue weighted by Gasteiger charge is -2.37. The molecule has 1 unspecified atom stereocenters. The maximum absolute atomic E-state index is 13.0. The van der Waals surface area contributed by atoms with Crippen LogP contribution in [0.3, 0.4) is 0 Å². The SMILES string of the molecule is Cl.Cl.Fc1ccc(N2CCN(CC(S)COCc3ccccc3)CC2)cc1. The van der Waals surface area contributed by atoms with Gasteiger partial charge >= 0.3 is 0 Å². The molecule has 0 aromatic heterocycles. The number of piperazine rings is 1. The van der Waals surface area contributed by atoms with E-state index in [1.54, 1.807) is 0 Å². The molecule has 0 N–H and O–H groups in total. The van der Waals surface area contributed by atoms with E-state index in [4.69, 9.17) is 4.74 Å². The van der Waals surface area contributed by atoms with E-state index >= 15 is 0 Å². The first kappa shape index (κ1) is 24.1. The number of hydrogen-bond acceptors (Lipinski definition) is 4. The van der Waals surface area contributed by atoms with Gasteiger partial charge in [0.25, 0.3) is 0 Å². The summed E-state index contributed by atoms with van der Waals surface area (Å²) in [4.78, 5) is 4.72. The zero-order valence-electron chi connectivity index (χ0n) is 15.2. The van der Waals surface area contributed by atoms with Crippen molar-refractivity contribution >= 4 is 43.1 Å². The molecule has 3 rings (SSSR count). The zero-order chi connectivity index (χ0) is 17.5. The van der Waals surface area contributed by atoms with Gasteiger partial charge in [-0.1, -0.05) is 30.3 Å². The summed E-state index contributed by atoms with van der Waals surface area (Å²) >= 11 is 4.67. The topological polar surface area (TPSA) is 15.7 Å². The number of rotatable bonds is 7. The van der Waals surface area contributed by atoms with Gasteiger partial charge in [0.05, 0.1) is 13.2 Å². The molecule has 0 amide bonds. The van der Waals surface area contributed by atoms with Crippen LogP contribution in [0, 0.1) is 5.82 Å². The van der Waals surface area contributed by atoms with Crippen molar-refractivity contribution < 1.29 is 9.13 Å². The fraction of sp³-hybridized carbons (Fsp3) is 0.400. The van der Waals surface area contributed by atoms with Crippen LogP contribution < -0.4 is 4.90 Å². The van der Waals surface area contributed by atoms with E-state index < -0.39 is 0 Å². The van der Waals surface area contributed by atoms with Gasteiger partial charge in [-0.05, 0) is 29.8 Å². The van der Waals surface area contributed by atoms with Crippen LogP contribution in [0.1, 0.15) is 5.56 Å². The first-order valence-electron chi connectivity index (χ1n) is 8.73. The van der Waals surface area contributed by atoms with Crippen molar-refractivity contribution in [2.45, 2.75) is 11.9 Å². The summed E-state index contributed by atoms with van der Waals surface area (Å²) in [7, 11) is 0. The van der Waals surface area contributed by atoms with Gasteiger partial charge in [-0.15, -0.1) is 24.8 Å². The Bertz CT molecular complexity index is 640. The van der Waals surface area contributed by atoms with Crippen LogP contribution in [0.25, 0.3) is 0 Å². The molecule has 0 aliphatic carbocycles. The average molecular weight is 433 g/mol. The van der Waals surface area contributed by atoms with E-state index in [1.165, 1.54) is 17.7 Å². The van der Waals surface area contributed by atoms with Gasteiger partial charge in [-0.25, -0.2) is 4.39 Å². The predicted molar refractivity (Wildman–Crippen MR) is 118 cm³/mol. The molecule has 2 aromatic carbocycles. The summed E-state index contributed by atoms with van der Waals surface area (Å²) in [5.41, 5.74) is 2.28. The van der Waals surface area contributed by atoms with Crippen LogP contribution in [-0.2, 0) is 11.3 Å². The van der Waals surface area contributed by atoms with Gasteiger partial charge in [-0.2, -0.15) is 12.6 Å². The molecule has 0 spiro atoms. The normalized spacial score (nSPS) is 15.6. The molecule has 1 aliphatic heterocycles. The van der Waals surface area contributed by atoms with Crippen LogP contribution in [0.5, 0.6) is 0 Å². The Balaban J connectivity index is 0.00000182. The van der Waals surface area contributed by atoms with Crippen LogP contribution in [0.4, 0.5) is 10.1 Å². The second-order valence-electron chi connectivity index (χ2n) is 6.42. The number of thiol groups is 1. The van der Waals surface area contributed by atoms with Crippen molar-refractivity contribution in [3.63, 3.8) is 0 Å². The molecule has 0 radical (unpaired) electrons. The predicted octanol–water partition coefficient (Wildman–Crippen LogP) is 4.31. The van der Waals surface area contributed by atoms with Crippen molar-refractivity contribution in [1.29, 1.82) is 0 Å². The molecule has 150 valence electrons. The van der Waals surface area contributed by atoms with Crippen molar-refractivity contribution in [3.05, 3.63) is 66.0 Å². The lowest BCUT2D eigenvalue weighted by atomic mass is 10.2. The minimum absolute atomic E-state index is 0. The number of hydrogen-bond donors (Lipinski definition) is 1. The van der Waals surface area contributed by atoms with Crippen molar-refractivity contribution in [2.75, 3.05) is 44.2 Å². The van der Waals surface area contributed by atoms with E-state index in [9.17, 15) is 4.39 Å². The van der Waals surface area contributed by atoms with Gasteiger partial charge in [0.15, 0.2) is 0 Å². The van der Waals surface area contributed by atoms with E-state index in [0.717, 1.165) is 38.4 Å². The molecule has 0 saturated carbocycles. The second kappa shape index (κ2) is 12.5. The number of benzene rings is 2. The average Bonchev–Trinajstić information content (AvgIpc) is 2.64. The highest BCUT2D eigenvalue weighted by atomic mass is 35.5. The third-order valence-corrected chi connectivity index (χ3v) is 4.77. The van der Waals surface area contributed by atoms with E-state index in [0.29, 0.717) is 13.2 Å². The zero-order valence-corrected chi connectivity index (χ0v) is 17.7. The second-order valence-corrected chi connectivity index (χ2v) is 7.15. The minimum atomic E-state index is -0.184. The Morgan fingerprint density at radius 3 is 2.19 bits per heavy atom. The van der Waals surface area contributed by atoms with E-state index in [-0.39, 0.29) is 35.9 Å². The summed E-state index contributed by atoms with van der Waals surface area (Å²) in [6.45, 7) is 6.11. The molecule has 1 aliphatic rings. The molecular weight excluding hydrogens is 406 g/mol. The van der Waals surface area contributed by atoms with Crippen LogP contribution in [-0.4, -0.2) is 49.5 Å². The minimum Gasteiger partial charge on any atom is -0.376 e. The summed E-state index contributed by atoms with van der Waals surface area (Å²) in [5.74, 6) is -0.184. The first-order valence-corrected chi connectivity index (χ1v) is 9.25. The summed E-state index contributed by atoms with van der Waals surface area (Å²) in [6, 6.07) is 17.0. The Morgan fingerprint density at radius 2 is 1.56 bits per heavy atom. The molecule has 1 heterocycles. The first-order chi connectivity index (χ1) is 12.2. The highest BCUT2D eigenvalue weighted by Gasteiger charge is 2.19. The molecule has 1 saturated heterocycles. The number of anilines is 1. The van der Waals surface area contributed by atoms with Crippen LogP contribution >= 0.6 is 37.4 Å². The molecule has 3 nitrogen and oxygen atoms in total. The molecule has 7 heteroatoms. The Hall–Kier alpha value is -0.980. The van der Waals surface area contributed by atoms with Gasteiger partial charge in [0.1, 0.15) is 5.82 Å². The maximum atomic E-state index is 13.0. The lowest BCUT2D eigenvalue weighted by Crippen LogP contribution is -2.48. The van der Waals surface area contributed by atoms with Crippen molar-refractivity contribution in [1.82, 2.24) is 4.90 Å². The highest BCUT2D eigenvalue weighted by Crippen LogP contribution is 2.17. The largest absolute Gasteiger partial charge is 0.376 e.